The van der Waals surface area contributed by atoms with Crippen molar-refractivity contribution in [2.45, 2.75) is 26.7 Å². The van der Waals surface area contributed by atoms with E-state index in [2.05, 4.69) is 6.92 Å². The molecule has 1 rings (SSSR count). The Morgan fingerprint density at radius 2 is 2.06 bits per heavy atom. The van der Waals surface area contributed by atoms with Gasteiger partial charge in [-0.15, -0.1) is 11.6 Å². The number of carbonyl (C=O) groups is 1. The van der Waals surface area contributed by atoms with E-state index in [-0.39, 0.29) is 18.5 Å². The van der Waals surface area contributed by atoms with Crippen LogP contribution in [0.15, 0.2) is 24.3 Å². The number of benzene rings is 1. The third-order valence-corrected chi connectivity index (χ3v) is 2.87. The normalized spacial score (nSPS) is 10.4. The molecule has 0 heterocycles. The van der Waals surface area contributed by atoms with Crippen molar-refractivity contribution < 1.29 is 9.53 Å². The number of amides is 1. The number of anilines is 1. The molecule has 0 radical (unpaired) electrons. The summed E-state index contributed by atoms with van der Waals surface area (Å²) in [4.78, 5) is 13.5. The maximum Gasteiger partial charge on any atom is 0.243 e. The van der Waals surface area contributed by atoms with E-state index >= 15 is 0 Å². The summed E-state index contributed by atoms with van der Waals surface area (Å²) in [7, 11) is 0. The van der Waals surface area contributed by atoms with Gasteiger partial charge >= 0.3 is 0 Å². The number of para-hydroxylation sites is 1. The topological polar surface area (TPSA) is 29.5 Å². The predicted octanol–water partition coefficient (Wildman–Crippen LogP) is 3.20. The summed E-state index contributed by atoms with van der Waals surface area (Å²) in [6.45, 7) is 4.85. The van der Waals surface area contributed by atoms with Crippen molar-refractivity contribution in [2.75, 3.05) is 24.1 Å². The second kappa shape index (κ2) is 8.11. The Balaban J connectivity index is 2.99. The molecule has 0 bridgehead atoms. The van der Waals surface area contributed by atoms with E-state index in [1.807, 2.05) is 31.2 Å². The molecule has 1 amide bonds. The van der Waals surface area contributed by atoms with E-state index in [0.29, 0.717) is 6.61 Å². The largest absolute Gasteiger partial charge is 0.361 e. The van der Waals surface area contributed by atoms with Crippen molar-refractivity contribution in [1.29, 1.82) is 0 Å². The number of carbonyl (C=O) groups excluding carboxylic acids is 1. The number of nitrogens with zero attached hydrogens (tertiary/aromatic N) is 1. The van der Waals surface area contributed by atoms with Gasteiger partial charge in [-0.1, -0.05) is 31.5 Å². The first kappa shape index (κ1) is 15.0. The molecule has 18 heavy (non-hydrogen) atoms. The predicted molar refractivity (Wildman–Crippen MR) is 75.1 cm³/mol. The van der Waals surface area contributed by atoms with E-state index in [1.54, 1.807) is 4.90 Å². The van der Waals surface area contributed by atoms with Crippen molar-refractivity contribution in [1.82, 2.24) is 0 Å². The van der Waals surface area contributed by atoms with Crippen molar-refractivity contribution in [3.8, 4) is 0 Å². The van der Waals surface area contributed by atoms with Gasteiger partial charge in [0.25, 0.3) is 0 Å². The van der Waals surface area contributed by atoms with Crippen molar-refractivity contribution in [3.63, 3.8) is 0 Å². The van der Waals surface area contributed by atoms with Crippen LogP contribution in [0.2, 0.25) is 0 Å². The maximum atomic E-state index is 11.9. The monoisotopic (exact) mass is 269 g/mol. The molecule has 0 atom stereocenters. The van der Waals surface area contributed by atoms with Gasteiger partial charge in [-0.25, -0.2) is 0 Å². The minimum absolute atomic E-state index is 0.0342. The summed E-state index contributed by atoms with van der Waals surface area (Å²) >= 11 is 5.66. The highest BCUT2D eigenvalue weighted by Gasteiger charge is 2.17. The molecule has 0 saturated carbocycles. The van der Waals surface area contributed by atoms with Gasteiger partial charge in [0.2, 0.25) is 5.91 Å². The Labute approximate surface area is 114 Å². The van der Waals surface area contributed by atoms with Crippen LogP contribution in [0.5, 0.6) is 0 Å². The van der Waals surface area contributed by atoms with Crippen LogP contribution in [0, 0.1) is 0 Å². The van der Waals surface area contributed by atoms with Crippen LogP contribution in [0.1, 0.15) is 25.8 Å². The molecule has 1 aromatic rings. The van der Waals surface area contributed by atoms with Gasteiger partial charge in [-0.3, -0.25) is 9.69 Å². The molecule has 0 spiro atoms. The second-order valence-electron chi connectivity index (χ2n) is 3.96. The Kier molecular flexibility index (Phi) is 6.76. The lowest BCUT2D eigenvalue weighted by atomic mass is 10.1. The highest BCUT2D eigenvalue weighted by atomic mass is 35.5. The molecule has 0 N–H and O–H groups in total. The highest BCUT2D eigenvalue weighted by Crippen LogP contribution is 2.22. The second-order valence-corrected chi connectivity index (χ2v) is 4.22. The quantitative estimate of drug-likeness (QED) is 0.562. The van der Waals surface area contributed by atoms with Gasteiger partial charge in [-0.2, -0.15) is 0 Å². The molecule has 0 aliphatic carbocycles. The first-order valence-corrected chi connectivity index (χ1v) is 6.80. The zero-order chi connectivity index (χ0) is 13.4. The average molecular weight is 270 g/mol. The first-order valence-electron chi connectivity index (χ1n) is 6.26. The lowest BCUT2D eigenvalue weighted by molar-refractivity contribution is -0.117. The molecule has 0 saturated heterocycles. The summed E-state index contributed by atoms with van der Waals surface area (Å²) in [5.74, 6) is -0.165. The van der Waals surface area contributed by atoms with E-state index in [1.165, 1.54) is 0 Å². The van der Waals surface area contributed by atoms with Crippen molar-refractivity contribution in [3.05, 3.63) is 29.8 Å². The number of hydrogen-bond acceptors (Lipinski definition) is 2. The molecule has 0 unspecified atom stereocenters. The summed E-state index contributed by atoms with van der Waals surface area (Å²) in [6.07, 6.45) is 1.98. The molecule has 0 aromatic heterocycles. The Morgan fingerprint density at radius 1 is 1.33 bits per heavy atom. The lowest BCUT2D eigenvalue weighted by Crippen LogP contribution is -2.34. The van der Waals surface area contributed by atoms with Gasteiger partial charge in [0.1, 0.15) is 12.6 Å². The molecule has 0 aliphatic heterocycles. The molecule has 4 heteroatoms. The maximum absolute atomic E-state index is 11.9. The zero-order valence-electron chi connectivity index (χ0n) is 11.0. The van der Waals surface area contributed by atoms with Crippen LogP contribution in [-0.4, -0.2) is 25.1 Å². The van der Waals surface area contributed by atoms with Gasteiger partial charge in [-0.05, 0) is 25.0 Å². The minimum atomic E-state index is -0.131. The Hall–Kier alpha value is -1.06. The fraction of sp³-hybridized carbons (Fsp3) is 0.500. The zero-order valence-corrected chi connectivity index (χ0v) is 11.7. The van der Waals surface area contributed by atoms with Crippen LogP contribution in [0.3, 0.4) is 0 Å². The number of ether oxygens (including phenoxy) is 1. The SMILES string of the molecule is CCCc1ccccc1N(COCC)C(=O)CCl. The fourth-order valence-corrected chi connectivity index (χ4v) is 1.93. The Bertz CT molecular complexity index is 382. The number of aryl methyl sites for hydroxylation is 1. The fourth-order valence-electron chi connectivity index (χ4n) is 1.79. The summed E-state index contributed by atoms with van der Waals surface area (Å²) in [5.41, 5.74) is 2.05. The van der Waals surface area contributed by atoms with E-state index in [9.17, 15) is 4.79 Å². The minimum Gasteiger partial charge on any atom is -0.361 e. The molecular formula is C14H20ClNO2. The van der Waals surface area contributed by atoms with Gasteiger partial charge < -0.3 is 4.74 Å². The summed E-state index contributed by atoms with van der Waals surface area (Å²) < 4.78 is 5.35. The van der Waals surface area contributed by atoms with Crippen LogP contribution in [0.25, 0.3) is 0 Å². The first-order chi connectivity index (χ1) is 8.74. The summed E-state index contributed by atoms with van der Waals surface area (Å²) in [6, 6.07) is 7.89. The molecular weight excluding hydrogens is 250 g/mol. The number of halogens is 1. The van der Waals surface area contributed by atoms with E-state index in [0.717, 1.165) is 24.1 Å². The van der Waals surface area contributed by atoms with E-state index < -0.39 is 0 Å². The van der Waals surface area contributed by atoms with Gasteiger partial charge in [0, 0.05) is 12.3 Å². The van der Waals surface area contributed by atoms with Crippen LogP contribution in [0.4, 0.5) is 5.69 Å². The molecule has 3 nitrogen and oxygen atoms in total. The number of alkyl halides is 1. The van der Waals surface area contributed by atoms with E-state index in [4.69, 9.17) is 16.3 Å². The van der Waals surface area contributed by atoms with Crippen molar-refractivity contribution in [2.24, 2.45) is 0 Å². The standard InChI is InChI=1S/C14H20ClNO2/c1-3-7-12-8-5-6-9-13(12)16(11-18-4-2)14(17)10-15/h5-6,8-9H,3-4,7,10-11H2,1-2H3. The van der Waals surface area contributed by atoms with Crippen LogP contribution >= 0.6 is 11.6 Å². The molecule has 1 aromatic carbocycles. The third kappa shape index (κ3) is 4.00. The summed E-state index contributed by atoms with van der Waals surface area (Å²) in [5, 5.41) is 0. The molecule has 100 valence electrons. The average Bonchev–Trinajstić information content (AvgIpc) is 2.40. The number of hydrogen-bond donors (Lipinski definition) is 0. The smallest absolute Gasteiger partial charge is 0.243 e. The molecule has 0 fully saturated rings. The third-order valence-electron chi connectivity index (χ3n) is 2.64. The lowest BCUT2D eigenvalue weighted by Gasteiger charge is -2.24. The van der Waals surface area contributed by atoms with Crippen molar-refractivity contribution >= 4 is 23.2 Å². The van der Waals surface area contributed by atoms with Gasteiger partial charge in [0.15, 0.2) is 0 Å². The molecule has 0 aliphatic rings. The number of rotatable bonds is 7. The van der Waals surface area contributed by atoms with Crippen LogP contribution < -0.4 is 4.90 Å². The van der Waals surface area contributed by atoms with Gasteiger partial charge in [0.05, 0.1) is 0 Å². The Morgan fingerprint density at radius 3 is 2.67 bits per heavy atom. The van der Waals surface area contributed by atoms with Crippen LogP contribution in [-0.2, 0) is 16.0 Å². The highest BCUT2D eigenvalue weighted by molar-refractivity contribution is 6.29.